The summed E-state index contributed by atoms with van der Waals surface area (Å²) < 4.78 is 24.7. The predicted octanol–water partition coefficient (Wildman–Crippen LogP) is 7.35. The summed E-state index contributed by atoms with van der Waals surface area (Å²) in [7, 11) is 0. The van der Waals surface area contributed by atoms with Crippen molar-refractivity contribution in [3.05, 3.63) is 102 Å². The number of aromatic nitrogens is 5. The van der Waals surface area contributed by atoms with Crippen LogP contribution in [0.15, 0.2) is 89.0 Å². The molecule has 4 saturated heterocycles. The normalized spacial score (nSPS) is 21.7. The van der Waals surface area contributed by atoms with E-state index in [0.29, 0.717) is 73.6 Å². The lowest BCUT2D eigenvalue weighted by atomic mass is 9.91. The van der Waals surface area contributed by atoms with Crippen LogP contribution < -0.4 is 30.5 Å². The molecule has 1 aliphatic carbocycles. The molecule has 5 aliphatic rings. The number of piperidine rings is 2. The Morgan fingerprint density at radius 3 is 2.25 bits per heavy atom. The third-order valence-corrected chi connectivity index (χ3v) is 17.5. The number of nitrogens with zero attached hydrogens (tertiary/aromatic N) is 10. The molecule has 4 aromatic heterocycles. The van der Waals surface area contributed by atoms with Gasteiger partial charge >= 0.3 is 6.09 Å². The maximum Gasteiger partial charge on any atom is 0.410 e. The number of hydrogen-bond donors (Lipinski definition) is 4. The molecule has 6 aromatic rings. The number of aliphatic hydroxyl groups is 1. The molecule has 4 atom stereocenters. The topological polar surface area (TPSA) is 251 Å². The predicted molar refractivity (Wildman–Crippen MR) is 306 cm³/mol. The van der Waals surface area contributed by atoms with E-state index >= 15 is 0 Å². The highest BCUT2D eigenvalue weighted by Crippen LogP contribution is 2.37. The summed E-state index contributed by atoms with van der Waals surface area (Å²) in [6, 6.07) is 21.6. The third-order valence-electron chi connectivity index (χ3n) is 16.5. The Bertz CT molecular complexity index is 3150. The summed E-state index contributed by atoms with van der Waals surface area (Å²) in [5.74, 6) is 0.564. The number of hydrogen-bond acceptors (Lipinski definition) is 19. The van der Waals surface area contributed by atoms with Gasteiger partial charge < -0.3 is 64.5 Å². The van der Waals surface area contributed by atoms with Gasteiger partial charge in [-0.1, -0.05) is 55.4 Å². The molecule has 1 unspecified atom stereocenters. The molecule has 11 rings (SSSR count). The molecule has 22 heteroatoms. The Morgan fingerprint density at radius 1 is 0.802 bits per heavy atom. The van der Waals surface area contributed by atoms with Gasteiger partial charge in [-0.3, -0.25) is 9.59 Å². The van der Waals surface area contributed by atoms with Crippen LogP contribution in [0.5, 0.6) is 11.6 Å². The second kappa shape index (κ2) is 24.3. The van der Waals surface area contributed by atoms with Crippen molar-refractivity contribution >= 4 is 52.3 Å². The molecular formula is C59H72N12O9S. The maximum absolute atomic E-state index is 14.4. The Kier molecular flexibility index (Phi) is 16.6. The van der Waals surface area contributed by atoms with Crippen molar-refractivity contribution in [1.29, 1.82) is 0 Å². The van der Waals surface area contributed by atoms with E-state index in [-0.39, 0.29) is 73.0 Å². The number of anilines is 4. The number of aromatic hydroxyl groups is 1. The number of likely N-dealkylation sites (tertiary alicyclic amines) is 2. The second-order valence-corrected chi connectivity index (χ2v) is 23.2. The van der Waals surface area contributed by atoms with Crippen LogP contribution in [0.1, 0.15) is 94.7 Å². The fourth-order valence-corrected chi connectivity index (χ4v) is 12.6. The summed E-state index contributed by atoms with van der Waals surface area (Å²) in [4.78, 5) is 61.4. The number of nitrogens with one attached hydrogen (secondary N) is 1. The molecule has 5 fully saturated rings. The average molecular weight is 1130 g/mol. The highest BCUT2D eigenvalue weighted by molar-refractivity contribution is 7.13. The summed E-state index contributed by atoms with van der Waals surface area (Å²) in [5, 5.41) is 37.0. The van der Waals surface area contributed by atoms with Crippen molar-refractivity contribution in [2.75, 3.05) is 79.3 Å². The van der Waals surface area contributed by atoms with E-state index in [4.69, 9.17) is 24.5 Å². The molecule has 1 saturated carbocycles. The molecule has 81 heavy (non-hydrogen) atoms. The average Bonchev–Trinajstić information content (AvgIpc) is 4.29. The molecule has 3 amide bonds. The minimum Gasteiger partial charge on any atom is -0.507 e. The lowest BCUT2D eigenvalue weighted by molar-refractivity contribution is -0.141. The Labute approximate surface area is 475 Å². The van der Waals surface area contributed by atoms with Crippen molar-refractivity contribution in [3.63, 3.8) is 0 Å². The van der Waals surface area contributed by atoms with Crippen LogP contribution in [0.4, 0.5) is 27.8 Å². The van der Waals surface area contributed by atoms with Crippen molar-refractivity contribution in [1.82, 2.24) is 40.4 Å². The van der Waals surface area contributed by atoms with Crippen LogP contribution >= 0.6 is 11.3 Å². The molecule has 4 aliphatic heterocycles. The first-order valence-corrected chi connectivity index (χ1v) is 29.2. The number of aryl methyl sites for hydroxylation is 1. The molecule has 21 nitrogen and oxygen atoms in total. The molecule has 8 heterocycles. The lowest BCUT2D eigenvalue weighted by Crippen LogP contribution is -2.48. The summed E-state index contributed by atoms with van der Waals surface area (Å²) in [5.41, 5.74) is 14.1. The quantitative estimate of drug-likeness (QED) is 0.0739. The van der Waals surface area contributed by atoms with E-state index in [0.717, 1.165) is 84.9 Å². The number of amides is 3. The first-order valence-electron chi connectivity index (χ1n) is 28.4. The molecule has 0 spiro atoms. The van der Waals surface area contributed by atoms with Crippen LogP contribution in [0.25, 0.3) is 21.7 Å². The number of carbonyl (C=O) groups excluding carboxylic acids is 3. The van der Waals surface area contributed by atoms with Gasteiger partial charge in [-0.05, 0) is 68.0 Å². The van der Waals surface area contributed by atoms with E-state index in [9.17, 15) is 24.6 Å². The van der Waals surface area contributed by atoms with Crippen LogP contribution in [-0.2, 0) is 19.1 Å². The highest BCUT2D eigenvalue weighted by atomic mass is 32.1. The van der Waals surface area contributed by atoms with Gasteiger partial charge in [-0.2, -0.15) is 0 Å². The number of β-amino-alcohol motifs (C(OH)–C–C–N with tert-alkyl or cyclic N) is 1. The lowest BCUT2D eigenvalue weighted by Gasteiger charge is -2.40. The maximum atomic E-state index is 14.4. The Morgan fingerprint density at radius 2 is 1.53 bits per heavy atom. The Hall–Kier alpha value is -7.56. The third kappa shape index (κ3) is 12.5. The minimum atomic E-state index is -0.842. The standard InChI is InChI=1S/C59H72N12O9S/c1-35(2)54(58(75)71-33-41(72)28-49(71)57(74)63-36(3)38-9-11-39(12-10-38)55-37(4)62-34-81-55)51-32-52(66-80-51)69-19-14-43(15-20-69)79-59(76)70-21-16-42(17-22-70)77-44-29-45(30-44)78-53-27-40(13-18-61-53)67-23-25-68(26-24-67)48-31-47(64-65-56(48)60)46-7-5-6-8-50(46)73/h5-13,18,27,31-32,34-36,41-45,49,54,72-73H,14-17,19-26,28-30,33H2,1-4H3,(H2,60,65)(H,63,74)/t36-,41+,44?,45?,49-,54?/m0/s1. The number of phenolic OH excluding ortho intramolecular Hbond substituents is 1. The van der Waals surface area contributed by atoms with Crippen LogP contribution in [0.2, 0.25) is 0 Å². The number of pyridine rings is 1. The van der Waals surface area contributed by atoms with E-state index in [1.807, 2.05) is 87.8 Å². The van der Waals surface area contributed by atoms with Gasteiger partial charge in [-0.25, -0.2) is 14.8 Å². The molecule has 2 aromatic carbocycles. The number of piperazine rings is 1. The van der Waals surface area contributed by atoms with Gasteiger partial charge in [0.25, 0.3) is 0 Å². The minimum absolute atomic E-state index is 0.0132. The van der Waals surface area contributed by atoms with Crippen LogP contribution in [-0.4, -0.2) is 159 Å². The van der Waals surface area contributed by atoms with Crippen molar-refractivity contribution in [2.24, 2.45) is 5.92 Å². The van der Waals surface area contributed by atoms with E-state index in [2.05, 4.69) is 45.3 Å². The SMILES string of the molecule is Cc1ncsc1-c1ccc([C@H](C)NC(=O)[C@@H]2C[C@@H](O)CN2C(=O)C(c2cc(N3CCC(OC(=O)N4CCC(OC5CC(Oc6cc(N7CCN(c8cc(-c9ccccc9O)nnc8N)CC7)ccn6)C5)CC4)CC3)no2)C(C)C)cc1. The van der Waals surface area contributed by atoms with Crippen LogP contribution in [0, 0.1) is 12.8 Å². The fourth-order valence-electron chi connectivity index (χ4n) is 11.8. The number of rotatable bonds is 16. The zero-order valence-corrected chi connectivity index (χ0v) is 47.1. The zero-order valence-electron chi connectivity index (χ0n) is 46.3. The fraction of sp³-hybridized carbons (Fsp3) is 0.492. The molecular weight excluding hydrogens is 1050 g/mol. The number of nitrogens with two attached hydrogens (primary N) is 1. The smallest absolute Gasteiger partial charge is 0.410 e. The van der Waals surface area contributed by atoms with Gasteiger partial charge in [0.15, 0.2) is 17.4 Å². The number of para-hydroxylation sites is 1. The van der Waals surface area contributed by atoms with Gasteiger partial charge in [0, 0.05) is 121 Å². The van der Waals surface area contributed by atoms with Crippen LogP contribution in [0.3, 0.4) is 0 Å². The summed E-state index contributed by atoms with van der Waals surface area (Å²) in [6.07, 6.45) is 4.95. The van der Waals surface area contributed by atoms with E-state index in [1.165, 1.54) is 4.90 Å². The van der Waals surface area contributed by atoms with E-state index in [1.54, 1.807) is 40.6 Å². The van der Waals surface area contributed by atoms with Gasteiger partial charge in [0.1, 0.15) is 29.9 Å². The number of ether oxygens (including phenoxy) is 3. The van der Waals surface area contributed by atoms with Gasteiger partial charge in [0.2, 0.25) is 17.7 Å². The van der Waals surface area contributed by atoms with Crippen molar-refractivity contribution < 1.29 is 43.3 Å². The number of aliphatic hydroxyl groups excluding tert-OH is 1. The summed E-state index contributed by atoms with van der Waals surface area (Å²) >= 11 is 1.59. The number of thiazole rings is 1. The Balaban J connectivity index is 0.587. The first-order chi connectivity index (χ1) is 39.2. The molecule has 5 N–H and O–H groups in total. The number of phenols is 1. The summed E-state index contributed by atoms with van der Waals surface area (Å²) in [6.45, 7) is 13.1. The van der Waals surface area contributed by atoms with Crippen molar-refractivity contribution in [2.45, 2.75) is 121 Å². The van der Waals surface area contributed by atoms with Gasteiger partial charge in [0.05, 0.1) is 51.8 Å². The van der Waals surface area contributed by atoms with Gasteiger partial charge in [-0.15, -0.1) is 21.5 Å². The largest absolute Gasteiger partial charge is 0.507 e. The zero-order chi connectivity index (χ0) is 56.3. The highest BCUT2D eigenvalue weighted by Gasteiger charge is 2.44. The second-order valence-electron chi connectivity index (χ2n) is 22.4. The molecule has 0 bridgehead atoms. The molecule has 428 valence electrons. The first kappa shape index (κ1) is 55.4. The number of nitrogen functional groups attached to an aromatic ring is 1. The monoisotopic (exact) mass is 1120 g/mol. The molecule has 0 radical (unpaired) electrons. The van der Waals surface area contributed by atoms with E-state index < -0.39 is 18.1 Å². The number of benzene rings is 2. The van der Waals surface area contributed by atoms with Crippen molar-refractivity contribution in [3.8, 4) is 33.3 Å². The number of carbonyl (C=O) groups is 3.